The molecule has 0 aliphatic carbocycles. The summed E-state index contributed by atoms with van der Waals surface area (Å²) >= 11 is 0. The van der Waals surface area contributed by atoms with Crippen molar-refractivity contribution in [2.75, 3.05) is 13.2 Å². The molecule has 0 aliphatic rings. The molecular formula is C16H21Cl2N3O3. The molecule has 0 spiro atoms. The molecule has 2 rings (SSSR count). The number of nitrogens with zero attached hydrogens (tertiary/aromatic N) is 1. The van der Waals surface area contributed by atoms with Gasteiger partial charge in [-0.25, -0.2) is 4.98 Å². The smallest absolute Gasteiger partial charge is 0.258 e. The molecule has 6 nitrogen and oxygen atoms in total. The van der Waals surface area contributed by atoms with E-state index in [1.54, 1.807) is 36.5 Å². The quantitative estimate of drug-likeness (QED) is 0.778. The summed E-state index contributed by atoms with van der Waals surface area (Å²) in [6, 6.07) is 12.4. The summed E-state index contributed by atoms with van der Waals surface area (Å²) in [7, 11) is 0. The summed E-state index contributed by atoms with van der Waals surface area (Å²) in [5, 5.41) is 2.72. The second-order valence-electron chi connectivity index (χ2n) is 4.73. The lowest BCUT2D eigenvalue weighted by atomic mass is 10.3. The van der Waals surface area contributed by atoms with Gasteiger partial charge in [-0.15, -0.1) is 24.8 Å². The fraction of sp³-hybridized carbons (Fsp3) is 0.250. The van der Waals surface area contributed by atoms with Gasteiger partial charge >= 0.3 is 0 Å². The van der Waals surface area contributed by atoms with E-state index in [1.807, 2.05) is 19.1 Å². The van der Waals surface area contributed by atoms with Gasteiger partial charge in [-0.05, 0) is 37.3 Å². The number of rotatable bonds is 7. The largest absolute Gasteiger partial charge is 0.484 e. The number of ether oxygens (including phenoxy) is 2. The molecule has 0 saturated heterocycles. The first kappa shape index (κ1) is 22.0. The summed E-state index contributed by atoms with van der Waals surface area (Å²) in [4.78, 5) is 15.6. The third kappa shape index (κ3) is 7.50. The van der Waals surface area contributed by atoms with E-state index >= 15 is 0 Å². The van der Waals surface area contributed by atoms with Crippen molar-refractivity contribution in [3.63, 3.8) is 0 Å². The lowest BCUT2D eigenvalue weighted by Gasteiger charge is -2.12. The summed E-state index contributed by atoms with van der Waals surface area (Å²) in [5.41, 5.74) is 5.43. The van der Waals surface area contributed by atoms with Crippen LogP contribution in [0.15, 0.2) is 48.7 Å². The van der Waals surface area contributed by atoms with Gasteiger partial charge in [-0.1, -0.05) is 6.07 Å². The van der Waals surface area contributed by atoms with Gasteiger partial charge in [0.25, 0.3) is 5.91 Å². The highest BCUT2D eigenvalue weighted by molar-refractivity contribution is 5.85. The van der Waals surface area contributed by atoms with Gasteiger partial charge in [-0.2, -0.15) is 0 Å². The van der Waals surface area contributed by atoms with Gasteiger partial charge in [-0.3, -0.25) is 4.79 Å². The summed E-state index contributed by atoms with van der Waals surface area (Å²) in [6.45, 7) is 2.18. The van der Waals surface area contributed by atoms with Crippen LogP contribution >= 0.6 is 24.8 Å². The maximum absolute atomic E-state index is 11.6. The molecule has 24 heavy (non-hydrogen) atoms. The molecule has 1 atom stereocenters. The number of amides is 1. The number of carbonyl (C=O) groups is 1. The van der Waals surface area contributed by atoms with Crippen LogP contribution in [0.3, 0.4) is 0 Å². The van der Waals surface area contributed by atoms with Crippen LogP contribution in [-0.2, 0) is 4.79 Å². The van der Waals surface area contributed by atoms with Gasteiger partial charge < -0.3 is 20.5 Å². The Hall–Kier alpha value is -2.02. The van der Waals surface area contributed by atoms with Gasteiger partial charge in [0.05, 0.1) is 0 Å². The van der Waals surface area contributed by atoms with Crippen LogP contribution in [0.2, 0.25) is 0 Å². The first-order chi connectivity index (χ1) is 10.7. The lowest BCUT2D eigenvalue weighted by Crippen LogP contribution is -2.40. The molecular weight excluding hydrogens is 353 g/mol. The molecule has 0 unspecified atom stereocenters. The van der Waals surface area contributed by atoms with Crippen LogP contribution in [0.1, 0.15) is 6.92 Å². The molecule has 0 aliphatic heterocycles. The molecule has 0 radical (unpaired) electrons. The van der Waals surface area contributed by atoms with Crippen molar-refractivity contribution in [1.82, 2.24) is 10.3 Å². The molecule has 0 fully saturated rings. The molecule has 2 aromatic rings. The standard InChI is InChI=1S/C16H19N3O3.2ClH/c1-12(10-17)19-15(20)11-21-13-5-7-14(8-6-13)22-16-4-2-3-9-18-16;;/h2-9,12H,10-11,17H2,1H3,(H,19,20);2*1H/t12-;;/m0../s1. The van der Waals surface area contributed by atoms with Gasteiger partial charge in [0.15, 0.2) is 6.61 Å². The van der Waals surface area contributed by atoms with E-state index in [-0.39, 0.29) is 43.4 Å². The van der Waals surface area contributed by atoms with E-state index in [1.165, 1.54) is 0 Å². The Morgan fingerprint density at radius 3 is 2.42 bits per heavy atom. The maximum atomic E-state index is 11.6. The predicted octanol–water partition coefficient (Wildman–Crippen LogP) is 2.56. The number of hydrogen-bond donors (Lipinski definition) is 2. The Bertz CT molecular complexity index is 597. The molecule has 8 heteroatoms. The summed E-state index contributed by atoms with van der Waals surface area (Å²) in [6.07, 6.45) is 1.66. The fourth-order valence-electron chi connectivity index (χ4n) is 1.66. The molecule has 1 aromatic heterocycles. The highest BCUT2D eigenvalue weighted by atomic mass is 35.5. The zero-order chi connectivity index (χ0) is 15.8. The van der Waals surface area contributed by atoms with Crippen molar-refractivity contribution < 1.29 is 14.3 Å². The SMILES string of the molecule is C[C@@H](CN)NC(=O)COc1ccc(Oc2ccccn2)cc1.Cl.Cl. The van der Waals surface area contributed by atoms with Gasteiger partial charge in [0, 0.05) is 24.8 Å². The van der Waals surface area contributed by atoms with Crippen LogP contribution in [-0.4, -0.2) is 30.1 Å². The topological polar surface area (TPSA) is 86.5 Å². The highest BCUT2D eigenvalue weighted by Crippen LogP contribution is 2.22. The highest BCUT2D eigenvalue weighted by Gasteiger charge is 2.06. The van der Waals surface area contributed by atoms with Crippen LogP contribution in [0.25, 0.3) is 0 Å². The molecule has 1 aromatic carbocycles. The van der Waals surface area contributed by atoms with Crippen molar-refractivity contribution in [3.05, 3.63) is 48.7 Å². The molecule has 0 bridgehead atoms. The number of nitrogens with one attached hydrogen (secondary N) is 1. The first-order valence-corrected chi connectivity index (χ1v) is 6.98. The first-order valence-electron chi connectivity index (χ1n) is 6.98. The molecule has 3 N–H and O–H groups in total. The van der Waals surface area contributed by atoms with E-state index < -0.39 is 0 Å². The van der Waals surface area contributed by atoms with Crippen molar-refractivity contribution in [2.24, 2.45) is 5.73 Å². The Labute approximate surface area is 153 Å². The molecule has 0 saturated carbocycles. The van der Waals surface area contributed by atoms with E-state index in [2.05, 4.69) is 10.3 Å². The Morgan fingerprint density at radius 1 is 1.17 bits per heavy atom. The Balaban J connectivity index is 0.00000264. The molecule has 1 amide bonds. The average Bonchev–Trinajstić information content (AvgIpc) is 2.55. The minimum absolute atomic E-state index is 0. The number of pyridine rings is 1. The third-order valence-corrected chi connectivity index (χ3v) is 2.81. The normalized spacial score (nSPS) is 10.6. The zero-order valence-corrected chi connectivity index (χ0v) is 14.8. The minimum Gasteiger partial charge on any atom is -0.484 e. The van der Waals surface area contributed by atoms with E-state index in [0.29, 0.717) is 23.9 Å². The molecule has 1 heterocycles. The van der Waals surface area contributed by atoms with Crippen molar-refractivity contribution in [1.29, 1.82) is 0 Å². The van der Waals surface area contributed by atoms with Crippen molar-refractivity contribution in [3.8, 4) is 17.4 Å². The number of carbonyl (C=O) groups excluding carboxylic acids is 1. The predicted molar refractivity (Wildman–Crippen MR) is 97.4 cm³/mol. The Morgan fingerprint density at radius 2 is 1.83 bits per heavy atom. The van der Waals surface area contributed by atoms with Crippen molar-refractivity contribution in [2.45, 2.75) is 13.0 Å². The van der Waals surface area contributed by atoms with E-state index in [4.69, 9.17) is 15.2 Å². The monoisotopic (exact) mass is 373 g/mol. The maximum Gasteiger partial charge on any atom is 0.258 e. The van der Waals surface area contributed by atoms with Crippen LogP contribution in [0.4, 0.5) is 0 Å². The van der Waals surface area contributed by atoms with E-state index in [0.717, 1.165) is 0 Å². The Kier molecular flexibility index (Phi) is 10.5. The fourth-order valence-corrected chi connectivity index (χ4v) is 1.66. The van der Waals surface area contributed by atoms with Crippen LogP contribution < -0.4 is 20.5 Å². The minimum atomic E-state index is -0.202. The number of aromatic nitrogens is 1. The average molecular weight is 374 g/mol. The number of hydrogen-bond acceptors (Lipinski definition) is 5. The number of halogens is 2. The van der Waals surface area contributed by atoms with E-state index in [9.17, 15) is 4.79 Å². The second-order valence-corrected chi connectivity index (χ2v) is 4.73. The second kappa shape index (κ2) is 11.5. The third-order valence-electron chi connectivity index (χ3n) is 2.81. The molecule has 132 valence electrons. The lowest BCUT2D eigenvalue weighted by molar-refractivity contribution is -0.123. The van der Waals surface area contributed by atoms with Gasteiger partial charge in [0.2, 0.25) is 5.88 Å². The summed E-state index contributed by atoms with van der Waals surface area (Å²) < 4.78 is 11.0. The number of benzene rings is 1. The summed E-state index contributed by atoms with van der Waals surface area (Å²) in [5.74, 6) is 1.55. The van der Waals surface area contributed by atoms with Crippen molar-refractivity contribution >= 4 is 30.7 Å². The zero-order valence-electron chi connectivity index (χ0n) is 13.2. The van der Waals surface area contributed by atoms with Crippen LogP contribution in [0.5, 0.6) is 17.4 Å². The number of nitrogens with two attached hydrogens (primary N) is 1. The van der Waals surface area contributed by atoms with Gasteiger partial charge in [0.1, 0.15) is 11.5 Å². The van der Waals surface area contributed by atoms with Crippen LogP contribution in [0, 0.1) is 0 Å².